The van der Waals surface area contributed by atoms with Gasteiger partial charge in [-0.2, -0.15) is 0 Å². The summed E-state index contributed by atoms with van der Waals surface area (Å²) in [5, 5.41) is 2.73. The van der Waals surface area contributed by atoms with Gasteiger partial charge in [-0.25, -0.2) is 8.42 Å². The van der Waals surface area contributed by atoms with Crippen molar-refractivity contribution in [3.05, 3.63) is 54.1 Å². The molecule has 1 N–H and O–H groups in total. The highest BCUT2D eigenvalue weighted by Gasteiger charge is 2.11. The van der Waals surface area contributed by atoms with Crippen molar-refractivity contribution in [1.29, 1.82) is 0 Å². The summed E-state index contributed by atoms with van der Waals surface area (Å²) >= 11 is 0. The van der Waals surface area contributed by atoms with Crippen LogP contribution in [0.2, 0.25) is 0 Å². The number of anilines is 1. The lowest BCUT2D eigenvalue weighted by Gasteiger charge is -2.17. The van der Waals surface area contributed by atoms with Gasteiger partial charge < -0.3 is 10.1 Å². The van der Waals surface area contributed by atoms with Crippen molar-refractivity contribution < 1.29 is 17.9 Å². The molecule has 0 aliphatic carbocycles. The number of sulfone groups is 1. The van der Waals surface area contributed by atoms with E-state index in [1.807, 2.05) is 43.1 Å². The molecule has 140 valence electrons. The second kappa shape index (κ2) is 8.82. The van der Waals surface area contributed by atoms with Gasteiger partial charge in [0.1, 0.15) is 5.75 Å². The highest BCUT2D eigenvalue weighted by molar-refractivity contribution is 7.90. The normalized spacial score (nSPS) is 11.4. The zero-order valence-corrected chi connectivity index (χ0v) is 16.0. The second-order valence-corrected chi connectivity index (χ2v) is 8.11. The number of rotatable bonds is 8. The predicted octanol–water partition coefficient (Wildman–Crippen LogP) is 2.56. The Balaban J connectivity index is 1.91. The van der Waals surface area contributed by atoms with E-state index in [0.29, 0.717) is 18.8 Å². The molecule has 0 heterocycles. The van der Waals surface area contributed by atoms with Crippen molar-refractivity contribution in [3.63, 3.8) is 0 Å². The summed E-state index contributed by atoms with van der Waals surface area (Å²) in [5.74, 6) is 0.617. The minimum Gasteiger partial charge on any atom is -0.494 e. The fraction of sp³-hybridized carbons (Fsp3) is 0.316. The smallest absolute Gasteiger partial charge is 0.238 e. The Bertz CT molecular complexity index is 848. The maximum Gasteiger partial charge on any atom is 0.238 e. The summed E-state index contributed by atoms with van der Waals surface area (Å²) in [6, 6.07) is 14.0. The van der Waals surface area contributed by atoms with Gasteiger partial charge in [0.15, 0.2) is 9.84 Å². The van der Waals surface area contributed by atoms with Gasteiger partial charge in [0, 0.05) is 18.5 Å². The van der Waals surface area contributed by atoms with E-state index in [2.05, 4.69) is 5.32 Å². The van der Waals surface area contributed by atoms with Crippen LogP contribution in [-0.4, -0.2) is 45.7 Å². The summed E-state index contributed by atoms with van der Waals surface area (Å²) in [7, 11) is -1.45. The molecule has 0 aliphatic rings. The molecule has 0 radical (unpaired) electrons. The number of carbonyl (C=O) groups is 1. The van der Waals surface area contributed by atoms with Gasteiger partial charge >= 0.3 is 0 Å². The summed E-state index contributed by atoms with van der Waals surface area (Å²) in [6.07, 6.45) is 1.14. The van der Waals surface area contributed by atoms with Crippen LogP contribution in [0, 0.1) is 0 Å². The van der Waals surface area contributed by atoms with Crippen molar-refractivity contribution in [2.75, 3.05) is 31.8 Å². The number of amides is 1. The third kappa shape index (κ3) is 6.16. The number of hydrogen-bond acceptors (Lipinski definition) is 5. The van der Waals surface area contributed by atoms with E-state index < -0.39 is 9.84 Å². The molecule has 2 rings (SSSR count). The van der Waals surface area contributed by atoms with Crippen molar-refractivity contribution in [3.8, 4) is 5.75 Å². The summed E-state index contributed by atoms with van der Waals surface area (Å²) in [6.45, 7) is 3.37. The quantitative estimate of drug-likeness (QED) is 0.766. The highest BCUT2D eigenvalue weighted by Crippen LogP contribution is 2.16. The molecule has 0 saturated carbocycles. The minimum atomic E-state index is -3.30. The first kappa shape index (κ1) is 19.9. The SMILES string of the molecule is CCOc1ccc(CN(C)CC(=O)Nc2cccc(S(C)(=O)=O)c2)cc1. The predicted molar refractivity (Wildman–Crippen MR) is 102 cm³/mol. The Morgan fingerprint density at radius 1 is 1.15 bits per heavy atom. The number of likely N-dealkylation sites (N-methyl/N-ethyl adjacent to an activating group) is 1. The standard InChI is InChI=1S/C19H24N2O4S/c1-4-25-17-10-8-15(9-11-17)13-21(2)14-19(22)20-16-6-5-7-18(12-16)26(3,23)24/h5-12H,4,13-14H2,1-3H3,(H,20,22). The molecule has 0 fully saturated rings. The molecule has 6 nitrogen and oxygen atoms in total. The zero-order valence-electron chi connectivity index (χ0n) is 15.2. The van der Waals surface area contributed by atoms with Crippen molar-refractivity contribution in [1.82, 2.24) is 4.90 Å². The monoisotopic (exact) mass is 376 g/mol. The highest BCUT2D eigenvalue weighted by atomic mass is 32.2. The number of nitrogens with zero attached hydrogens (tertiary/aromatic N) is 1. The van der Waals surface area contributed by atoms with Crippen LogP contribution >= 0.6 is 0 Å². The summed E-state index contributed by atoms with van der Waals surface area (Å²) in [5.41, 5.74) is 1.54. The van der Waals surface area contributed by atoms with Crippen LogP contribution in [0.1, 0.15) is 12.5 Å². The van der Waals surface area contributed by atoms with Crippen LogP contribution in [0.5, 0.6) is 5.75 Å². The summed E-state index contributed by atoms with van der Waals surface area (Å²) in [4.78, 5) is 14.3. The lowest BCUT2D eigenvalue weighted by Crippen LogP contribution is -2.29. The lowest BCUT2D eigenvalue weighted by atomic mass is 10.2. The maximum absolute atomic E-state index is 12.2. The first-order valence-corrected chi connectivity index (χ1v) is 10.2. The van der Waals surface area contributed by atoms with Crippen molar-refractivity contribution in [2.24, 2.45) is 0 Å². The van der Waals surface area contributed by atoms with E-state index in [4.69, 9.17) is 4.74 Å². The van der Waals surface area contributed by atoms with Gasteiger partial charge in [0.05, 0.1) is 18.0 Å². The fourth-order valence-corrected chi connectivity index (χ4v) is 3.14. The van der Waals surface area contributed by atoms with E-state index in [9.17, 15) is 13.2 Å². The molecule has 2 aromatic rings. The average Bonchev–Trinajstić information content (AvgIpc) is 2.56. The molecule has 1 amide bonds. The second-order valence-electron chi connectivity index (χ2n) is 6.10. The van der Waals surface area contributed by atoms with Crippen LogP contribution in [0.3, 0.4) is 0 Å². The zero-order chi connectivity index (χ0) is 19.2. The number of benzene rings is 2. The van der Waals surface area contributed by atoms with Crippen molar-refractivity contribution >= 4 is 21.4 Å². The Morgan fingerprint density at radius 2 is 1.85 bits per heavy atom. The van der Waals surface area contributed by atoms with E-state index in [1.54, 1.807) is 12.1 Å². The number of carbonyl (C=O) groups excluding carboxylic acids is 1. The molecule has 0 aliphatic heterocycles. The minimum absolute atomic E-state index is 0.179. The Labute approximate surface area is 154 Å². The van der Waals surface area contributed by atoms with Gasteiger partial charge in [0.25, 0.3) is 0 Å². The molecule has 2 aromatic carbocycles. The Morgan fingerprint density at radius 3 is 2.46 bits per heavy atom. The molecule has 0 bridgehead atoms. The molecule has 0 unspecified atom stereocenters. The van der Waals surface area contributed by atoms with E-state index in [0.717, 1.165) is 17.6 Å². The molecule has 7 heteroatoms. The first-order chi connectivity index (χ1) is 12.3. The van der Waals surface area contributed by atoms with E-state index >= 15 is 0 Å². The van der Waals surface area contributed by atoms with Crippen molar-refractivity contribution in [2.45, 2.75) is 18.4 Å². The van der Waals surface area contributed by atoms with E-state index in [1.165, 1.54) is 12.1 Å². The Hall–Kier alpha value is -2.38. The van der Waals surface area contributed by atoms with Gasteiger partial charge in [-0.05, 0) is 49.9 Å². The topological polar surface area (TPSA) is 75.7 Å². The molecule has 26 heavy (non-hydrogen) atoms. The van der Waals surface area contributed by atoms with E-state index in [-0.39, 0.29) is 17.3 Å². The molecule has 0 atom stereocenters. The molecule has 0 spiro atoms. The number of ether oxygens (including phenoxy) is 1. The van der Waals surface area contributed by atoms with Gasteiger partial charge in [-0.15, -0.1) is 0 Å². The van der Waals surface area contributed by atoms with Crippen LogP contribution in [-0.2, 0) is 21.2 Å². The lowest BCUT2D eigenvalue weighted by molar-refractivity contribution is -0.117. The number of nitrogens with one attached hydrogen (secondary N) is 1. The number of hydrogen-bond donors (Lipinski definition) is 1. The van der Waals surface area contributed by atoms with Crippen LogP contribution in [0.4, 0.5) is 5.69 Å². The molecular formula is C19H24N2O4S. The van der Waals surface area contributed by atoms with Gasteiger partial charge in [-0.1, -0.05) is 18.2 Å². The summed E-state index contributed by atoms with van der Waals surface area (Å²) < 4.78 is 28.6. The molecule has 0 aromatic heterocycles. The molecular weight excluding hydrogens is 352 g/mol. The first-order valence-electron chi connectivity index (χ1n) is 8.28. The Kier molecular flexibility index (Phi) is 6.76. The largest absolute Gasteiger partial charge is 0.494 e. The third-order valence-electron chi connectivity index (χ3n) is 3.65. The van der Waals surface area contributed by atoms with Gasteiger partial charge in [0.2, 0.25) is 5.91 Å². The maximum atomic E-state index is 12.2. The molecule has 0 saturated heterocycles. The van der Waals surface area contributed by atoms with Crippen LogP contribution < -0.4 is 10.1 Å². The van der Waals surface area contributed by atoms with Gasteiger partial charge in [-0.3, -0.25) is 9.69 Å². The van der Waals surface area contributed by atoms with Crippen LogP contribution in [0.15, 0.2) is 53.4 Å². The van der Waals surface area contributed by atoms with Crippen LogP contribution in [0.25, 0.3) is 0 Å². The average molecular weight is 376 g/mol. The fourth-order valence-electron chi connectivity index (χ4n) is 2.48. The third-order valence-corrected chi connectivity index (χ3v) is 4.76.